The van der Waals surface area contributed by atoms with Gasteiger partial charge in [-0.1, -0.05) is 43.7 Å². The minimum Gasteiger partial charge on any atom is -0.496 e. The average Bonchev–Trinajstić information content (AvgIpc) is 3.52. The third-order valence-corrected chi connectivity index (χ3v) is 8.20. The summed E-state index contributed by atoms with van der Waals surface area (Å²) in [6.07, 6.45) is 8.78. The normalized spacial score (nSPS) is 22.4. The number of fused-ring (bicyclic) bond motifs is 2. The molecule has 1 amide bonds. The summed E-state index contributed by atoms with van der Waals surface area (Å²) in [5, 5.41) is 6.90. The molecule has 2 aromatic carbocycles. The Bertz CT molecular complexity index is 1440. The van der Waals surface area contributed by atoms with Crippen molar-refractivity contribution in [3.63, 3.8) is 0 Å². The van der Waals surface area contributed by atoms with Gasteiger partial charge >= 0.3 is 0 Å². The largest absolute Gasteiger partial charge is 0.496 e. The second-order valence-corrected chi connectivity index (χ2v) is 10.7. The molecular weight excluding hydrogens is 448 g/mol. The van der Waals surface area contributed by atoms with Crippen molar-refractivity contribution in [1.82, 2.24) is 19.5 Å². The lowest BCUT2D eigenvalue weighted by molar-refractivity contribution is 0.0604. The molecule has 4 aromatic rings. The Morgan fingerprint density at radius 1 is 1.08 bits per heavy atom. The second kappa shape index (κ2) is 9.23. The van der Waals surface area contributed by atoms with Crippen molar-refractivity contribution < 1.29 is 9.53 Å². The van der Waals surface area contributed by atoms with Gasteiger partial charge in [-0.05, 0) is 67.3 Å². The van der Waals surface area contributed by atoms with E-state index in [2.05, 4.69) is 26.1 Å². The van der Waals surface area contributed by atoms with Crippen LogP contribution in [0.3, 0.4) is 0 Å². The highest BCUT2D eigenvalue weighted by atomic mass is 16.5. The fourth-order valence-corrected chi connectivity index (χ4v) is 6.34. The van der Waals surface area contributed by atoms with Gasteiger partial charge in [-0.3, -0.25) is 4.79 Å². The number of amides is 1. The molecule has 3 atom stereocenters. The summed E-state index contributed by atoms with van der Waals surface area (Å²) in [5.74, 6) is 1.93. The molecule has 1 unspecified atom stereocenters. The molecule has 2 fully saturated rings. The predicted octanol–water partition coefficient (Wildman–Crippen LogP) is 6.47. The van der Waals surface area contributed by atoms with Gasteiger partial charge in [0, 0.05) is 24.7 Å². The van der Waals surface area contributed by atoms with Crippen LogP contribution in [0.1, 0.15) is 84.7 Å². The lowest BCUT2D eigenvalue weighted by Crippen LogP contribution is -2.39. The Labute approximate surface area is 212 Å². The van der Waals surface area contributed by atoms with Gasteiger partial charge in [-0.25, -0.2) is 9.50 Å². The molecule has 6 heteroatoms. The van der Waals surface area contributed by atoms with E-state index in [9.17, 15) is 4.79 Å². The minimum atomic E-state index is -0.0770. The van der Waals surface area contributed by atoms with Crippen LogP contribution in [0.2, 0.25) is 0 Å². The molecule has 0 spiro atoms. The van der Waals surface area contributed by atoms with E-state index < -0.39 is 0 Å². The Balaban J connectivity index is 1.38. The van der Waals surface area contributed by atoms with Crippen LogP contribution in [0.5, 0.6) is 5.75 Å². The quantitative estimate of drug-likeness (QED) is 0.334. The third-order valence-electron chi connectivity index (χ3n) is 8.20. The van der Waals surface area contributed by atoms with Crippen LogP contribution in [0, 0.1) is 12.8 Å². The van der Waals surface area contributed by atoms with Gasteiger partial charge in [0.1, 0.15) is 5.75 Å². The first-order valence-corrected chi connectivity index (χ1v) is 13.3. The molecule has 36 heavy (non-hydrogen) atoms. The second-order valence-electron chi connectivity index (χ2n) is 10.7. The van der Waals surface area contributed by atoms with E-state index in [0.29, 0.717) is 23.8 Å². The van der Waals surface area contributed by atoms with Crippen molar-refractivity contribution in [2.75, 3.05) is 13.7 Å². The van der Waals surface area contributed by atoms with Crippen LogP contribution >= 0.6 is 0 Å². The highest BCUT2D eigenvalue weighted by Gasteiger charge is 2.33. The van der Waals surface area contributed by atoms with Gasteiger partial charge in [0.15, 0.2) is 5.65 Å². The van der Waals surface area contributed by atoms with Crippen LogP contribution in [0.15, 0.2) is 48.7 Å². The highest BCUT2D eigenvalue weighted by Crippen LogP contribution is 2.39. The maximum atomic E-state index is 14.1. The van der Waals surface area contributed by atoms with Crippen molar-refractivity contribution in [3.05, 3.63) is 71.2 Å². The first kappa shape index (κ1) is 23.0. The first-order chi connectivity index (χ1) is 17.5. The molecule has 6 rings (SSSR count). The number of hydrogen-bond acceptors (Lipinski definition) is 4. The van der Waals surface area contributed by atoms with Gasteiger partial charge in [-0.2, -0.15) is 5.10 Å². The Morgan fingerprint density at radius 2 is 1.94 bits per heavy atom. The van der Waals surface area contributed by atoms with Gasteiger partial charge in [0.25, 0.3) is 5.91 Å². The molecule has 1 saturated heterocycles. The summed E-state index contributed by atoms with van der Waals surface area (Å²) in [7, 11) is 1.63. The number of carbonyl (C=O) groups is 1. The Hall–Kier alpha value is -3.41. The lowest BCUT2D eigenvalue weighted by Gasteiger charge is -2.35. The van der Waals surface area contributed by atoms with Gasteiger partial charge in [-0.15, -0.1) is 0 Å². The summed E-state index contributed by atoms with van der Waals surface area (Å²) < 4.78 is 7.56. The summed E-state index contributed by atoms with van der Waals surface area (Å²) >= 11 is 0. The molecule has 0 radical (unpaired) electrons. The van der Waals surface area contributed by atoms with E-state index >= 15 is 0 Å². The Morgan fingerprint density at radius 3 is 2.75 bits per heavy atom. The average molecular weight is 483 g/mol. The molecule has 2 aromatic heterocycles. The molecule has 0 bridgehead atoms. The Kier molecular flexibility index (Phi) is 5.90. The summed E-state index contributed by atoms with van der Waals surface area (Å²) in [4.78, 5) is 21.2. The number of hydrogen-bond donors (Lipinski definition) is 0. The van der Waals surface area contributed by atoms with Crippen molar-refractivity contribution in [2.45, 2.75) is 64.3 Å². The number of methoxy groups -OCH3 is 1. The highest BCUT2D eigenvalue weighted by molar-refractivity contribution is 6.09. The maximum absolute atomic E-state index is 14.1. The van der Waals surface area contributed by atoms with Gasteiger partial charge < -0.3 is 9.64 Å². The van der Waals surface area contributed by atoms with Crippen molar-refractivity contribution in [2.24, 2.45) is 5.92 Å². The summed E-state index contributed by atoms with van der Waals surface area (Å²) in [6, 6.07) is 14.0. The fraction of sp³-hybridized carbons (Fsp3) is 0.433. The molecule has 2 aliphatic rings. The van der Waals surface area contributed by atoms with Gasteiger partial charge in [0.05, 0.1) is 30.1 Å². The smallest absolute Gasteiger partial charge is 0.258 e. The number of benzene rings is 2. The zero-order chi connectivity index (χ0) is 24.8. The van der Waals surface area contributed by atoms with Crippen molar-refractivity contribution >= 4 is 22.3 Å². The maximum Gasteiger partial charge on any atom is 0.258 e. The monoisotopic (exact) mass is 482 g/mol. The van der Waals surface area contributed by atoms with E-state index in [4.69, 9.17) is 14.8 Å². The van der Waals surface area contributed by atoms with E-state index in [0.717, 1.165) is 47.3 Å². The van der Waals surface area contributed by atoms with E-state index in [1.165, 1.54) is 30.5 Å². The van der Waals surface area contributed by atoms with Crippen LogP contribution < -0.4 is 4.74 Å². The minimum absolute atomic E-state index is 0.00942. The van der Waals surface area contributed by atoms with Crippen LogP contribution in [-0.4, -0.2) is 39.1 Å². The van der Waals surface area contributed by atoms with E-state index in [-0.39, 0.29) is 11.9 Å². The summed E-state index contributed by atoms with van der Waals surface area (Å²) in [6.45, 7) is 5.20. The molecule has 6 nitrogen and oxygen atoms in total. The molecule has 1 aliphatic heterocycles. The molecule has 1 saturated carbocycles. The number of ether oxygens (including phenoxy) is 1. The number of aromatic nitrogens is 3. The van der Waals surface area contributed by atoms with E-state index in [1.54, 1.807) is 7.11 Å². The number of carbonyl (C=O) groups excluding carboxylic acids is 1. The predicted molar refractivity (Wildman–Crippen MR) is 142 cm³/mol. The number of piperidine rings is 1. The molecule has 0 N–H and O–H groups in total. The third kappa shape index (κ3) is 3.93. The fourth-order valence-electron chi connectivity index (χ4n) is 6.34. The molecule has 186 valence electrons. The van der Waals surface area contributed by atoms with Crippen molar-refractivity contribution in [1.29, 1.82) is 0 Å². The van der Waals surface area contributed by atoms with E-state index in [1.807, 2.05) is 45.8 Å². The number of nitrogens with zero attached hydrogens (tertiary/aromatic N) is 4. The number of likely N-dealkylation sites (tertiary alicyclic amines) is 1. The lowest BCUT2D eigenvalue weighted by atomic mass is 9.96. The van der Waals surface area contributed by atoms with Crippen LogP contribution in [0.25, 0.3) is 16.4 Å². The molecule has 3 heterocycles. The molecule has 1 aliphatic carbocycles. The number of rotatable bonds is 4. The zero-order valence-electron chi connectivity index (χ0n) is 21.4. The first-order valence-electron chi connectivity index (χ1n) is 13.3. The van der Waals surface area contributed by atoms with Crippen LogP contribution in [0.4, 0.5) is 0 Å². The topological polar surface area (TPSA) is 59.7 Å². The summed E-state index contributed by atoms with van der Waals surface area (Å²) in [5.41, 5.74) is 4.86. The van der Waals surface area contributed by atoms with Crippen molar-refractivity contribution in [3.8, 4) is 5.75 Å². The molecular formula is C30H34N4O2. The number of aryl methyl sites for hydroxylation is 1. The SMILES string of the molecule is COc1ccc2ccccc2c1C(=O)N1CCCC[C@H]1c1cc2nc(C3CC[C@H](C)C3)c(C)cn2n1. The van der Waals surface area contributed by atoms with Crippen LogP contribution in [-0.2, 0) is 0 Å². The van der Waals surface area contributed by atoms with Gasteiger partial charge in [0.2, 0.25) is 0 Å². The zero-order valence-corrected chi connectivity index (χ0v) is 21.4. The standard InChI is InChI=1S/C30H34N4O2/c1-19-11-12-22(16-19)29-20(2)18-34-27(31-29)17-24(32-34)25-10-6-7-15-33(25)30(35)28-23-9-5-4-8-21(23)13-14-26(28)36-3/h4-5,8-9,13-14,17-19,22,25H,6-7,10-12,15-16H2,1-3H3/t19-,22?,25-/m0/s1.